The summed E-state index contributed by atoms with van der Waals surface area (Å²) in [6.45, 7) is 19.2. The number of rotatable bonds is 13. The maximum Gasteiger partial charge on any atom is 0.125 e. The highest BCUT2D eigenvalue weighted by atomic mass is 16.5. The second-order valence-corrected chi connectivity index (χ2v) is 11.1. The summed E-state index contributed by atoms with van der Waals surface area (Å²) in [5.74, 6) is 2.40. The van der Waals surface area contributed by atoms with Gasteiger partial charge in [0, 0.05) is 18.0 Å². The molecule has 1 aliphatic rings. The number of ether oxygens (including phenoxy) is 1. The fraction of sp³-hybridized carbons (Fsp3) is 0.528. The van der Waals surface area contributed by atoms with E-state index in [0.717, 1.165) is 43.2 Å². The van der Waals surface area contributed by atoms with Gasteiger partial charge in [-0.3, -0.25) is 4.68 Å². The second-order valence-electron chi connectivity index (χ2n) is 11.1. The first-order valence-corrected chi connectivity index (χ1v) is 15.6. The van der Waals surface area contributed by atoms with E-state index in [4.69, 9.17) is 9.84 Å². The Morgan fingerprint density at radius 1 is 1.00 bits per heavy atom. The van der Waals surface area contributed by atoms with E-state index in [1.807, 2.05) is 25.4 Å². The van der Waals surface area contributed by atoms with E-state index in [9.17, 15) is 0 Å². The maximum absolute atomic E-state index is 5.36. The molecule has 3 rings (SSSR count). The average molecular weight is 559 g/mol. The number of aromatic nitrogens is 4. The van der Waals surface area contributed by atoms with Crippen molar-refractivity contribution < 1.29 is 4.74 Å². The highest BCUT2D eigenvalue weighted by Crippen LogP contribution is 2.33. The third kappa shape index (κ3) is 10.9. The normalized spacial score (nSPS) is 17.9. The number of nitrogens with zero attached hydrogens (tertiary/aromatic N) is 4. The molecule has 0 bridgehead atoms. The topological polar surface area (TPSA) is 52.8 Å². The molecule has 41 heavy (non-hydrogen) atoms. The van der Waals surface area contributed by atoms with Crippen LogP contribution in [0.25, 0.3) is 12.2 Å². The summed E-state index contributed by atoms with van der Waals surface area (Å²) in [5.41, 5.74) is 7.87. The van der Waals surface area contributed by atoms with Gasteiger partial charge < -0.3 is 4.74 Å². The molecule has 1 aliphatic carbocycles. The molecule has 2 atom stereocenters. The summed E-state index contributed by atoms with van der Waals surface area (Å²) in [6.07, 6.45) is 26.7. The minimum absolute atomic E-state index is 0.471. The minimum Gasteiger partial charge on any atom is -0.497 e. The Kier molecular flexibility index (Phi) is 15.1. The highest BCUT2D eigenvalue weighted by Gasteiger charge is 2.19. The Bertz CT molecular complexity index is 1200. The van der Waals surface area contributed by atoms with Gasteiger partial charge in [0.15, 0.2) is 0 Å². The molecule has 0 fully saturated rings. The average Bonchev–Trinajstić information content (AvgIpc) is 3.36. The van der Waals surface area contributed by atoms with Crippen molar-refractivity contribution in [2.75, 3.05) is 7.11 Å². The molecule has 224 valence electrons. The van der Waals surface area contributed by atoms with Gasteiger partial charge in [-0.25, -0.2) is 9.97 Å². The Morgan fingerprint density at radius 3 is 2.32 bits per heavy atom. The summed E-state index contributed by atoms with van der Waals surface area (Å²) in [6, 6.07) is 0.471. The maximum atomic E-state index is 5.36. The van der Waals surface area contributed by atoms with Crippen LogP contribution in [-0.2, 0) is 11.2 Å². The van der Waals surface area contributed by atoms with Gasteiger partial charge in [0.2, 0.25) is 0 Å². The van der Waals surface area contributed by atoms with Crippen LogP contribution >= 0.6 is 0 Å². The summed E-state index contributed by atoms with van der Waals surface area (Å²) in [5, 5.41) is 4.92. The van der Waals surface area contributed by atoms with Crippen molar-refractivity contribution in [1.82, 2.24) is 19.7 Å². The summed E-state index contributed by atoms with van der Waals surface area (Å²) >= 11 is 0. The lowest BCUT2D eigenvalue weighted by Gasteiger charge is -2.22. The Balaban J connectivity index is 0.000000553. The van der Waals surface area contributed by atoms with Crippen LogP contribution in [0.15, 0.2) is 65.9 Å². The van der Waals surface area contributed by atoms with E-state index >= 15 is 0 Å². The van der Waals surface area contributed by atoms with Gasteiger partial charge in [-0.05, 0) is 106 Å². The standard InChI is InChI=1S/C29H44N2O.C7H10N2/c1-8-12-27(17-14-22(5)9-2)31-29-19-23(6)13-15-25(20-26(29)21-30-31)24(10-3)16-18-28(11-4)32-7;1-3-7-4-8-6(2)9-5-7/h11,16,18-22,27H,4,8-10,12-15,17H2,1-3,5-7H3;4-5H,3H2,1-2H3/b23-19+,24-16+,25-20+,28-18+;. The lowest BCUT2D eigenvalue weighted by atomic mass is 9.92. The second kappa shape index (κ2) is 18.3. The molecule has 5 heteroatoms. The molecule has 0 N–H and O–H groups in total. The SMILES string of the molecule is C=C\C(=C/C=C(CC)/C1=C/c2cnn(C(CCC)CCC(C)CC)c2/C=C(\C)CC1)OC.CCc1cnc(C)nc1. The van der Waals surface area contributed by atoms with Crippen molar-refractivity contribution in [3.8, 4) is 0 Å². The molecule has 0 aliphatic heterocycles. The first kappa shape index (κ1) is 34.0. The lowest BCUT2D eigenvalue weighted by Crippen LogP contribution is -2.14. The van der Waals surface area contributed by atoms with Gasteiger partial charge in [0.1, 0.15) is 11.6 Å². The predicted molar refractivity (Wildman–Crippen MR) is 176 cm³/mol. The van der Waals surface area contributed by atoms with Crippen molar-refractivity contribution in [1.29, 1.82) is 0 Å². The third-order valence-electron chi connectivity index (χ3n) is 7.94. The van der Waals surface area contributed by atoms with E-state index in [1.54, 1.807) is 13.2 Å². The van der Waals surface area contributed by atoms with Crippen molar-refractivity contribution >= 4 is 12.2 Å². The molecule has 2 aromatic heterocycles. The molecule has 2 aromatic rings. The smallest absolute Gasteiger partial charge is 0.125 e. The number of aryl methyl sites for hydroxylation is 2. The van der Waals surface area contributed by atoms with E-state index in [2.05, 4.69) is 87.2 Å². The molecular formula is C36H54N4O. The van der Waals surface area contributed by atoms with E-state index in [-0.39, 0.29) is 0 Å². The summed E-state index contributed by atoms with van der Waals surface area (Å²) in [4.78, 5) is 8.08. The first-order valence-electron chi connectivity index (χ1n) is 15.6. The largest absolute Gasteiger partial charge is 0.497 e. The van der Waals surface area contributed by atoms with Crippen LogP contribution < -0.4 is 0 Å². The van der Waals surface area contributed by atoms with Gasteiger partial charge in [-0.2, -0.15) is 5.10 Å². The van der Waals surface area contributed by atoms with Crippen LogP contribution in [0.4, 0.5) is 0 Å². The first-order chi connectivity index (χ1) is 19.8. The van der Waals surface area contributed by atoms with Crippen LogP contribution in [0, 0.1) is 12.8 Å². The van der Waals surface area contributed by atoms with Crippen LogP contribution in [-0.4, -0.2) is 26.9 Å². The monoisotopic (exact) mass is 558 g/mol. The molecule has 5 nitrogen and oxygen atoms in total. The van der Waals surface area contributed by atoms with Crippen LogP contribution in [0.5, 0.6) is 0 Å². The van der Waals surface area contributed by atoms with Gasteiger partial charge in [-0.1, -0.05) is 65.7 Å². The number of allylic oxidation sites excluding steroid dienone is 6. The Morgan fingerprint density at radius 2 is 1.73 bits per heavy atom. The zero-order valence-electron chi connectivity index (χ0n) is 27.0. The quantitative estimate of drug-likeness (QED) is 0.181. The Hall–Kier alpha value is -3.21. The van der Waals surface area contributed by atoms with Crippen molar-refractivity contribution in [2.45, 2.75) is 112 Å². The number of fused-ring (bicyclic) bond motifs is 1. The number of hydrogen-bond donors (Lipinski definition) is 0. The van der Waals surface area contributed by atoms with E-state index in [0.29, 0.717) is 6.04 Å². The zero-order chi connectivity index (χ0) is 30.2. The summed E-state index contributed by atoms with van der Waals surface area (Å²) in [7, 11) is 1.69. The molecule has 2 unspecified atom stereocenters. The fourth-order valence-corrected chi connectivity index (χ4v) is 4.95. The van der Waals surface area contributed by atoms with Gasteiger partial charge >= 0.3 is 0 Å². The lowest BCUT2D eigenvalue weighted by molar-refractivity contribution is 0.307. The molecular weight excluding hydrogens is 504 g/mol. The molecule has 0 radical (unpaired) electrons. The minimum atomic E-state index is 0.471. The van der Waals surface area contributed by atoms with Crippen LogP contribution in [0.2, 0.25) is 0 Å². The van der Waals surface area contributed by atoms with E-state index < -0.39 is 0 Å². The molecule has 2 heterocycles. The van der Waals surface area contributed by atoms with Gasteiger partial charge in [0.25, 0.3) is 0 Å². The van der Waals surface area contributed by atoms with Gasteiger partial charge in [-0.15, -0.1) is 0 Å². The highest BCUT2D eigenvalue weighted by molar-refractivity contribution is 5.69. The van der Waals surface area contributed by atoms with Crippen molar-refractivity contribution in [3.63, 3.8) is 0 Å². The number of methoxy groups -OCH3 is 1. The van der Waals surface area contributed by atoms with E-state index in [1.165, 1.54) is 65.6 Å². The Labute approximate surface area is 250 Å². The molecule has 0 spiro atoms. The molecule has 0 saturated heterocycles. The number of hydrogen-bond acceptors (Lipinski definition) is 4. The molecule has 0 saturated carbocycles. The zero-order valence-corrected chi connectivity index (χ0v) is 27.0. The third-order valence-corrected chi connectivity index (χ3v) is 7.94. The summed E-state index contributed by atoms with van der Waals surface area (Å²) < 4.78 is 7.68. The van der Waals surface area contributed by atoms with Crippen LogP contribution in [0.3, 0.4) is 0 Å². The van der Waals surface area contributed by atoms with Crippen molar-refractivity contribution in [3.05, 3.63) is 88.5 Å². The van der Waals surface area contributed by atoms with Crippen LogP contribution in [0.1, 0.15) is 122 Å². The molecule has 0 aromatic carbocycles. The fourth-order valence-electron chi connectivity index (χ4n) is 4.95. The molecule has 0 amide bonds. The predicted octanol–water partition coefficient (Wildman–Crippen LogP) is 10.0. The van der Waals surface area contributed by atoms with Crippen molar-refractivity contribution in [2.24, 2.45) is 5.92 Å². The van der Waals surface area contributed by atoms with Gasteiger partial charge in [0.05, 0.1) is 25.0 Å².